The molecule has 0 saturated carbocycles. The molecule has 0 fully saturated rings. The van der Waals surface area contributed by atoms with E-state index in [-0.39, 0.29) is 5.82 Å². The third kappa shape index (κ3) is 3.07. The molecule has 4 rings (SSSR count). The Morgan fingerprint density at radius 1 is 1.19 bits per heavy atom. The monoisotopic (exact) mass is 352 g/mol. The molecule has 0 radical (unpaired) electrons. The number of nitrogens with zero attached hydrogens (tertiary/aromatic N) is 3. The lowest BCUT2D eigenvalue weighted by atomic mass is 9.98. The fourth-order valence-electron chi connectivity index (χ4n) is 4.01. The van der Waals surface area contributed by atoms with Gasteiger partial charge in [0.1, 0.15) is 11.6 Å². The molecule has 0 bridgehead atoms. The van der Waals surface area contributed by atoms with Crippen LogP contribution in [0.5, 0.6) is 0 Å². The van der Waals surface area contributed by atoms with Crippen molar-refractivity contribution in [1.29, 1.82) is 0 Å². The minimum absolute atomic E-state index is 0.236. The molecule has 2 N–H and O–H groups in total. The number of hydrogen-bond donors (Lipinski definition) is 1. The molecule has 136 valence electrons. The van der Waals surface area contributed by atoms with Crippen LogP contribution in [0.25, 0.3) is 11.0 Å². The summed E-state index contributed by atoms with van der Waals surface area (Å²) in [4.78, 5) is 7.12. The Labute approximate surface area is 153 Å². The van der Waals surface area contributed by atoms with Gasteiger partial charge in [-0.15, -0.1) is 0 Å². The molecule has 0 atom stereocenters. The van der Waals surface area contributed by atoms with Crippen LogP contribution < -0.4 is 10.6 Å². The molecule has 26 heavy (non-hydrogen) atoms. The largest absolute Gasteiger partial charge is 0.364 e. The first-order valence-corrected chi connectivity index (χ1v) is 9.41. The summed E-state index contributed by atoms with van der Waals surface area (Å²) in [5.74, 6) is 0.757. The molecule has 0 saturated heterocycles. The average Bonchev–Trinajstić information content (AvgIpc) is 2.98. The van der Waals surface area contributed by atoms with Crippen LogP contribution in [0, 0.1) is 5.82 Å². The topological polar surface area (TPSA) is 47.1 Å². The highest BCUT2D eigenvalue weighted by Gasteiger charge is 2.20. The summed E-state index contributed by atoms with van der Waals surface area (Å²) >= 11 is 0. The molecule has 5 heteroatoms. The van der Waals surface area contributed by atoms with Crippen molar-refractivity contribution in [3.63, 3.8) is 0 Å². The van der Waals surface area contributed by atoms with Crippen LogP contribution in [0.4, 0.5) is 10.1 Å². The van der Waals surface area contributed by atoms with Crippen LogP contribution in [0.15, 0.2) is 36.4 Å². The summed E-state index contributed by atoms with van der Waals surface area (Å²) in [5.41, 5.74) is 11.4. The van der Waals surface area contributed by atoms with E-state index < -0.39 is 0 Å². The maximum absolute atomic E-state index is 13.6. The van der Waals surface area contributed by atoms with Crippen LogP contribution in [0.2, 0.25) is 0 Å². The van der Waals surface area contributed by atoms with E-state index >= 15 is 0 Å². The second-order valence-electron chi connectivity index (χ2n) is 6.93. The molecule has 0 spiro atoms. The van der Waals surface area contributed by atoms with E-state index in [0.717, 1.165) is 55.8 Å². The van der Waals surface area contributed by atoms with Crippen molar-refractivity contribution in [1.82, 2.24) is 9.55 Å². The lowest BCUT2D eigenvalue weighted by molar-refractivity contribution is 0.629. The summed E-state index contributed by atoms with van der Waals surface area (Å²) in [6.45, 7) is 5.38. The third-order valence-corrected chi connectivity index (χ3v) is 5.23. The number of rotatable bonds is 5. The lowest BCUT2D eigenvalue weighted by Crippen LogP contribution is -2.30. The van der Waals surface area contributed by atoms with Gasteiger partial charge in [-0.1, -0.05) is 12.1 Å². The normalized spacial score (nSPS) is 14.0. The van der Waals surface area contributed by atoms with Gasteiger partial charge in [-0.05, 0) is 62.1 Å². The molecule has 4 nitrogen and oxygen atoms in total. The standard InChI is InChI=1S/C21H25FN4/c1-2-26-20-8-6-17(22)13-18(20)24-21(26)14-25-11-3-4-16-12-15(9-10-23)5-7-19(16)25/h5-8,12-13H,2-4,9-11,14,23H2,1H3. The highest BCUT2D eigenvalue weighted by atomic mass is 19.1. The van der Waals surface area contributed by atoms with Crippen LogP contribution in [0.1, 0.15) is 30.3 Å². The van der Waals surface area contributed by atoms with Gasteiger partial charge in [0.2, 0.25) is 0 Å². The second-order valence-corrected chi connectivity index (χ2v) is 6.93. The van der Waals surface area contributed by atoms with E-state index in [0.29, 0.717) is 6.54 Å². The van der Waals surface area contributed by atoms with Gasteiger partial charge in [-0.2, -0.15) is 0 Å². The van der Waals surface area contributed by atoms with Gasteiger partial charge in [0.15, 0.2) is 0 Å². The first-order valence-electron chi connectivity index (χ1n) is 9.41. The van der Waals surface area contributed by atoms with Crippen LogP contribution in [-0.2, 0) is 25.9 Å². The van der Waals surface area contributed by atoms with Crippen molar-refractivity contribution in [2.75, 3.05) is 18.0 Å². The Kier molecular flexibility index (Phi) is 4.64. The molecule has 1 aromatic heterocycles. The first-order chi connectivity index (χ1) is 12.7. The number of halogens is 1. The number of fused-ring (bicyclic) bond motifs is 2. The number of anilines is 1. The smallest absolute Gasteiger partial charge is 0.129 e. The van der Waals surface area contributed by atoms with Crippen LogP contribution in [-0.4, -0.2) is 22.6 Å². The Hall–Kier alpha value is -2.40. The molecule has 2 aromatic carbocycles. The molecule has 2 heterocycles. The fourth-order valence-corrected chi connectivity index (χ4v) is 4.01. The Balaban J connectivity index is 1.67. The summed E-state index contributed by atoms with van der Waals surface area (Å²) < 4.78 is 15.8. The van der Waals surface area contributed by atoms with Crippen molar-refractivity contribution < 1.29 is 4.39 Å². The molecule has 0 aliphatic carbocycles. The average molecular weight is 352 g/mol. The number of aromatic nitrogens is 2. The third-order valence-electron chi connectivity index (χ3n) is 5.23. The zero-order chi connectivity index (χ0) is 18.1. The van der Waals surface area contributed by atoms with E-state index in [4.69, 9.17) is 10.7 Å². The number of aryl methyl sites for hydroxylation is 2. The molecule has 1 aliphatic rings. The molecular weight excluding hydrogens is 327 g/mol. The lowest BCUT2D eigenvalue weighted by Gasteiger charge is -2.31. The van der Waals surface area contributed by atoms with Gasteiger partial charge in [0, 0.05) is 24.8 Å². The van der Waals surface area contributed by atoms with Gasteiger partial charge in [0.05, 0.1) is 17.6 Å². The zero-order valence-electron chi connectivity index (χ0n) is 15.2. The van der Waals surface area contributed by atoms with Gasteiger partial charge >= 0.3 is 0 Å². The SMILES string of the molecule is CCn1c(CN2CCCc3cc(CCN)ccc32)nc2cc(F)ccc21. The van der Waals surface area contributed by atoms with Gasteiger partial charge in [0.25, 0.3) is 0 Å². The van der Waals surface area contributed by atoms with Crippen molar-refractivity contribution in [3.05, 3.63) is 59.2 Å². The molecule has 0 amide bonds. The van der Waals surface area contributed by atoms with Crippen molar-refractivity contribution >= 4 is 16.7 Å². The van der Waals surface area contributed by atoms with E-state index in [1.54, 1.807) is 0 Å². The van der Waals surface area contributed by atoms with Gasteiger partial charge in [-0.25, -0.2) is 9.37 Å². The predicted molar refractivity (Wildman–Crippen MR) is 104 cm³/mol. The van der Waals surface area contributed by atoms with Crippen molar-refractivity contribution in [2.24, 2.45) is 5.73 Å². The van der Waals surface area contributed by atoms with Crippen molar-refractivity contribution in [3.8, 4) is 0 Å². The Morgan fingerprint density at radius 2 is 2.08 bits per heavy atom. The minimum Gasteiger partial charge on any atom is -0.364 e. The van der Waals surface area contributed by atoms with E-state index in [1.165, 1.54) is 28.9 Å². The summed E-state index contributed by atoms with van der Waals surface area (Å²) in [5, 5.41) is 0. The molecule has 3 aromatic rings. The molecule has 0 unspecified atom stereocenters. The van der Waals surface area contributed by atoms with Gasteiger partial charge < -0.3 is 15.2 Å². The molecular formula is C21H25FN4. The predicted octanol–water partition coefficient (Wildman–Crippen LogP) is 3.65. The Morgan fingerprint density at radius 3 is 2.88 bits per heavy atom. The second kappa shape index (κ2) is 7.08. The fraction of sp³-hybridized carbons (Fsp3) is 0.381. The highest BCUT2D eigenvalue weighted by molar-refractivity contribution is 5.76. The maximum Gasteiger partial charge on any atom is 0.129 e. The highest BCUT2D eigenvalue weighted by Crippen LogP contribution is 2.30. The van der Waals surface area contributed by atoms with Crippen LogP contribution >= 0.6 is 0 Å². The summed E-state index contributed by atoms with van der Waals surface area (Å²) in [6, 6.07) is 11.6. The molecule has 1 aliphatic heterocycles. The number of hydrogen-bond acceptors (Lipinski definition) is 3. The van der Waals surface area contributed by atoms with Crippen molar-refractivity contribution in [2.45, 2.75) is 39.3 Å². The van der Waals surface area contributed by atoms with Crippen LogP contribution in [0.3, 0.4) is 0 Å². The van der Waals surface area contributed by atoms with E-state index in [2.05, 4.69) is 34.6 Å². The number of imidazole rings is 1. The summed E-state index contributed by atoms with van der Waals surface area (Å²) in [7, 11) is 0. The Bertz CT molecular complexity index is 931. The quantitative estimate of drug-likeness (QED) is 0.762. The van der Waals surface area contributed by atoms with Gasteiger partial charge in [-0.3, -0.25) is 0 Å². The zero-order valence-corrected chi connectivity index (χ0v) is 15.2. The number of benzene rings is 2. The van der Waals surface area contributed by atoms with E-state index in [9.17, 15) is 4.39 Å². The number of nitrogens with two attached hydrogens (primary N) is 1. The maximum atomic E-state index is 13.6. The minimum atomic E-state index is -0.236. The summed E-state index contributed by atoms with van der Waals surface area (Å²) in [6.07, 6.45) is 3.17. The van der Waals surface area contributed by atoms with E-state index in [1.807, 2.05) is 6.07 Å². The first kappa shape index (κ1) is 17.0.